The number of benzene rings is 2. The zero-order valence-corrected chi connectivity index (χ0v) is 19.5. The van der Waals surface area contributed by atoms with Crippen molar-refractivity contribution in [1.82, 2.24) is 15.2 Å². The first-order valence-corrected chi connectivity index (χ1v) is 11.0. The van der Waals surface area contributed by atoms with Crippen LogP contribution >= 0.6 is 0 Å². The Balaban J connectivity index is 1.67. The van der Waals surface area contributed by atoms with Crippen molar-refractivity contribution < 1.29 is 13.6 Å². The summed E-state index contributed by atoms with van der Waals surface area (Å²) < 4.78 is 18.7. The third-order valence-electron chi connectivity index (χ3n) is 5.90. The molecule has 0 bridgehead atoms. The molecular formula is C26H32FN3O2. The van der Waals surface area contributed by atoms with Gasteiger partial charge in [0, 0.05) is 19.1 Å². The fourth-order valence-electron chi connectivity index (χ4n) is 3.54. The highest BCUT2D eigenvalue weighted by Gasteiger charge is 2.21. The fraction of sp³-hybridized carbons (Fsp3) is 0.385. The van der Waals surface area contributed by atoms with Crippen LogP contribution in [0.25, 0.3) is 0 Å². The van der Waals surface area contributed by atoms with Gasteiger partial charge in [-0.1, -0.05) is 49.7 Å². The molecule has 32 heavy (non-hydrogen) atoms. The Hall–Kier alpha value is -2.99. The highest BCUT2D eigenvalue weighted by molar-refractivity contribution is 5.91. The van der Waals surface area contributed by atoms with Crippen molar-refractivity contribution in [2.45, 2.75) is 60.3 Å². The van der Waals surface area contributed by atoms with Crippen molar-refractivity contribution in [2.75, 3.05) is 0 Å². The number of nitrogens with zero attached hydrogens (tertiary/aromatic N) is 2. The Kier molecular flexibility index (Phi) is 7.80. The first-order chi connectivity index (χ1) is 15.2. The van der Waals surface area contributed by atoms with Crippen molar-refractivity contribution in [3.05, 3.63) is 88.4 Å². The van der Waals surface area contributed by atoms with E-state index >= 15 is 0 Å². The van der Waals surface area contributed by atoms with Gasteiger partial charge in [0.1, 0.15) is 12.1 Å². The molecule has 1 amide bonds. The molecule has 0 fully saturated rings. The molecular weight excluding hydrogens is 405 g/mol. The molecule has 3 rings (SSSR count). The molecule has 0 aliphatic rings. The van der Waals surface area contributed by atoms with E-state index in [-0.39, 0.29) is 17.4 Å². The van der Waals surface area contributed by atoms with E-state index in [1.165, 1.54) is 35.1 Å². The van der Waals surface area contributed by atoms with Crippen LogP contribution in [0.1, 0.15) is 59.4 Å². The lowest BCUT2D eigenvalue weighted by atomic mass is 10.0. The second-order valence-electron chi connectivity index (χ2n) is 8.76. The number of amides is 1. The van der Waals surface area contributed by atoms with Crippen molar-refractivity contribution in [3.8, 4) is 0 Å². The predicted molar refractivity (Wildman–Crippen MR) is 124 cm³/mol. The molecule has 1 N–H and O–H groups in total. The summed E-state index contributed by atoms with van der Waals surface area (Å²) in [5.41, 5.74) is 4.84. The number of nitrogens with one attached hydrogen (secondary N) is 1. The number of hydrogen-bond donors (Lipinski definition) is 1. The predicted octanol–water partition coefficient (Wildman–Crippen LogP) is 5.41. The summed E-state index contributed by atoms with van der Waals surface area (Å²) >= 11 is 0. The van der Waals surface area contributed by atoms with E-state index in [4.69, 9.17) is 4.42 Å². The Labute approximate surface area is 189 Å². The summed E-state index contributed by atoms with van der Waals surface area (Å²) in [5, 5.41) is 2.80. The van der Waals surface area contributed by atoms with Gasteiger partial charge in [0.05, 0.1) is 6.54 Å². The van der Waals surface area contributed by atoms with E-state index in [9.17, 15) is 9.18 Å². The summed E-state index contributed by atoms with van der Waals surface area (Å²) in [6, 6.07) is 12.8. The Bertz CT molecular complexity index is 1040. The van der Waals surface area contributed by atoms with Crippen LogP contribution < -0.4 is 5.32 Å². The van der Waals surface area contributed by atoms with Gasteiger partial charge in [-0.2, -0.15) is 0 Å². The van der Waals surface area contributed by atoms with Gasteiger partial charge in [-0.05, 0) is 55.5 Å². The number of carbonyl (C=O) groups is 1. The second-order valence-corrected chi connectivity index (χ2v) is 8.76. The van der Waals surface area contributed by atoms with Gasteiger partial charge in [-0.25, -0.2) is 9.37 Å². The number of halogens is 1. The average molecular weight is 438 g/mol. The summed E-state index contributed by atoms with van der Waals surface area (Å²) in [6.45, 7) is 12.4. The minimum atomic E-state index is -0.317. The normalized spacial score (nSPS) is 12.4. The number of hydrogen-bond acceptors (Lipinski definition) is 4. The van der Waals surface area contributed by atoms with E-state index < -0.39 is 0 Å². The molecule has 0 aliphatic carbocycles. The van der Waals surface area contributed by atoms with Crippen LogP contribution in [-0.4, -0.2) is 21.8 Å². The third-order valence-corrected chi connectivity index (χ3v) is 5.90. The molecule has 6 heteroatoms. The number of rotatable bonds is 9. The van der Waals surface area contributed by atoms with E-state index in [1.54, 1.807) is 12.1 Å². The second kappa shape index (κ2) is 10.6. The highest BCUT2D eigenvalue weighted by atomic mass is 19.1. The van der Waals surface area contributed by atoms with Gasteiger partial charge in [0.25, 0.3) is 5.91 Å². The first kappa shape index (κ1) is 23.7. The number of aromatic nitrogens is 1. The van der Waals surface area contributed by atoms with E-state index in [0.717, 1.165) is 12.1 Å². The van der Waals surface area contributed by atoms with Crippen molar-refractivity contribution in [1.29, 1.82) is 0 Å². The maximum absolute atomic E-state index is 13.0. The van der Waals surface area contributed by atoms with Crippen LogP contribution in [0.3, 0.4) is 0 Å². The molecule has 1 heterocycles. The molecule has 3 aromatic rings. The van der Waals surface area contributed by atoms with E-state index in [1.807, 2.05) is 0 Å². The summed E-state index contributed by atoms with van der Waals surface area (Å²) in [6.07, 6.45) is 1.39. The van der Waals surface area contributed by atoms with Gasteiger partial charge >= 0.3 is 0 Å². The van der Waals surface area contributed by atoms with Gasteiger partial charge in [0.15, 0.2) is 5.69 Å². The summed E-state index contributed by atoms with van der Waals surface area (Å²) in [4.78, 5) is 19.2. The largest absolute Gasteiger partial charge is 0.447 e. The lowest BCUT2D eigenvalue weighted by Crippen LogP contribution is -2.36. The quantitative estimate of drug-likeness (QED) is 0.486. The average Bonchev–Trinajstić information content (AvgIpc) is 3.22. The van der Waals surface area contributed by atoms with Crippen LogP contribution in [0, 0.1) is 25.6 Å². The monoisotopic (exact) mass is 437 g/mol. The summed E-state index contributed by atoms with van der Waals surface area (Å²) in [7, 11) is 0. The molecule has 1 atom stereocenters. The standard InChI is InChI=1S/C26H32FN3O2/c1-17(2)20(5)30(14-22-9-6-18(3)12-19(22)4)15-25-29-24(16-32-25)26(31)28-13-21-7-10-23(27)11-8-21/h6-12,16-17,20H,13-15H2,1-5H3,(H,28,31)/t20-/m1/s1. The maximum atomic E-state index is 13.0. The Morgan fingerprint density at radius 3 is 2.47 bits per heavy atom. The number of oxazole rings is 1. The molecule has 0 aliphatic heterocycles. The van der Waals surface area contributed by atoms with Crippen LogP contribution in [0.4, 0.5) is 4.39 Å². The molecule has 5 nitrogen and oxygen atoms in total. The van der Waals surface area contributed by atoms with Crippen molar-refractivity contribution >= 4 is 5.91 Å². The molecule has 0 unspecified atom stereocenters. The summed E-state index contributed by atoms with van der Waals surface area (Å²) in [5.74, 6) is 0.341. The van der Waals surface area contributed by atoms with Crippen molar-refractivity contribution in [3.63, 3.8) is 0 Å². The number of carbonyl (C=O) groups excluding carboxylic acids is 1. The van der Waals surface area contributed by atoms with Gasteiger partial charge in [-0.3, -0.25) is 9.69 Å². The molecule has 0 saturated carbocycles. The smallest absolute Gasteiger partial charge is 0.273 e. The van der Waals surface area contributed by atoms with E-state index in [0.29, 0.717) is 30.9 Å². The zero-order valence-electron chi connectivity index (χ0n) is 19.5. The molecule has 0 radical (unpaired) electrons. The highest BCUT2D eigenvalue weighted by Crippen LogP contribution is 2.20. The lowest BCUT2D eigenvalue weighted by Gasteiger charge is -2.31. The Morgan fingerprint density at radius 1 is 1.09 bits per heavy atom. The van der Waals surface area contributed by atoms with E-state index in [2.05, 4.69) is 68.0 Å². The molecule has 170 valence electrons. The van der Waals surface area contributed by atoms with Gasteiger partial charge in [-0.15, -0.1) is 0 Å². The minimum absolute atomic E-state index is 0.241. The van der Waals surface area contributed by atoms with Gasteiger partial charge < -0.3 is 9.73 Å². The Morgan fingerprint density at radius 2 is 1.81 bits per heavy atom. The fourth-order valence-corrected chi connectivity index (χ4v) is 3.54. The number of aryl methyl sites for hydroxylation is 2. The molecule has 0 saturated heterocycles. The molecule has 1 aromatic heterocycles. The third kappa shape index (κ3) is 6.26. The van der Waals surface area contributed by atoms with Crippen molar-refractivity contribution in [2.24, 2.45) is 5.92 Å². The lowest BCUT2D eigenvalue weighted by molar-refractivity contribution is 0.0945. The molecule has 0 spiro atoms. The van der Waals surface area contributed by atoms with Gasteiger partial charge in [0.2, 0.25) is 5.89 Å². The SMILES string of the molecule is Cc1ccc(CN(Cc2nc(C(=O)NCc3ccc(F)cc3)co2)[C@H](C)C(C)C)c(C)c1. The molecule has 2 aromatic carbocycles. The van der Waals surface area contributed by atoms with Crippen LogP contribution in [0.2, 0.25) is 0 Å². The van der Waals surface area contributed by atoms with Crippen LogP contribution in [0.15, 0.2) is 53.1 Å². The maximum Gasteiger partial charge on any atom is 0.273 e. The van der Waals surface area contributed by atoms with Crippen LogP contribution in [0.5, 0.6) is 0 Å². The first-order valence-electron chi connectivity index (χ1n) is 11.0. The topological polar surface area (TPSA) is 58.4 Å². The zero-order chi connectivity index (χ0) is 23.3. The van der Waals surface area contributed by atoms with Crippen LogP contribution in [-0.2, 0) is 19.6 Å². The minimum Gasteiger partial charge on any atom is -0.447 e.